The Kier molecular flexibility index (Phi) is 7.53. The molecule has 0 radical (unpaired) electrons. The van der Waals surface area contributed by atoms with Crippen molar-refractivity contribution in [3.8, 4) is 0 Å². The molecule has 0 aromatic rings. The summed E-state index contributed by atoms with van der Waals surface area (Å²) in [5.41, 5.74) is 0. The van der Waals surface area contributed by atoms with Crippen LogP contribution in [0.4, 0.5) is 0 Å². The minimum atomic E-state index is -2.35. The van der Waals surface area contributed by atoms with Crippen molar-refractivity contribution in [3.05, 3.63) is 0 Å². The van der Waals surface area contributed by atoms with Crippen LogP contribution in [0.3, 0.4) is 0 Å². The average Bonchev–Trinajstić information content (AvgIpc) is 2.49. The lowest BCUT2D eigenvalue weighted by Crippen LogP contribution is -2.52. The molecule has 0 aromatic heterocycles. The number of quaternary nitrogens is 1. The van der Waals surface area contributed by atoms with Gasteiger partial charge in [0, 0.05) is 27.4 Å². The van der Waals surface area contributed by atoms with E-state index in [-0.39, 0.29) is 0 Å². The van der Waals surface area contributed by atoms with Gasteiger partial charge in [0.15, 0.2) is 0 Å². The van der Waals surface area contributed by atoms with Crippen molar-refractivity contribution < 1.29 is 17.8 Å². The third kappa shape index (κ3) is 4.83. The van der Waals surface area contributed by atoms with E-state index in [1.807, 2.05) is 0 Å². The third-order valence-corrected chi connectivity index (χ3v) is 7.57. The van der Waals surface area contributed by atoms with E-state index in [0.717, 1.165) is 12.5 Å². The molecule has 1 aliphatic rings. The summed E-state index contributed by atoms with van der Waals surface area (Å²) in [5, 5.41) is 0. The molecule has 1 fully saturated rings. The molecule has 5 heteroatoms. The summed E-state index contributed by atoms with van der Waals surface area (Å²) in [6, 6.07) is 0.931. The first kappa shape index (κ1) is 17.1. The number of hydrogen-bond acceptors (Lipinski definition) is 3. The number of unbranched alkanes of at least 4 members (excludes halogenated alkanes) is 1. The van der Waals surface area contributed by atoms with Crippen LogP contribution in [0, 0.1) is 0 Å². The molecule has 114 valence electrons. The van der Waals surface area contributed by atoms with E-state index in [9.17, 15) is 0 Å². The van der Waals surface area contributed by atoms with Gasteiger partial charge in [0.05, 0.1) is 26.2 Å². The van der Waals surface area contributed by atoms with Gasteiger partial charge >= 0.3 is 8.80 Å². The Balaban J connectivity index is 2.32. The number of nitrogens with zero attached hydrogens (tertiary/aromatic N) is 1. The Morgan fingerprint density at radius 1 is 0.895 bits per heavy atom. The lowest BCUT2D eigenvalue weighted by molar-refractivity contribution is -0.931. The van der Waals surface area contributed by atoms with Crippen LogP contribution >= 0.6 is 0 Å². The summed E-state index contributed by atoms with van der Waals surface area (Å²) < 4.78 is 17.7. The van der Waals surface area contributed by atoms with Gasteiger partial charge in [-0.1, -0.05) is 0 Å². The Labute approximate surface area is 120 Å². The predicted octanol–water partition coefficient (Wildman–Crippen LogP) is 2.67. The van der Waals surface area contributed by atoms with Crippen LogP contribution in [0.1, 0.15) is 39.0 Å². The Hall–Kier alpha value is 0.0569. The molecule has 1 saturated heterocycles. The van der Waals surface area contributed by atoms with E-state index in [2.05, 4.69) is 6.92 Å². The van der Waals surface area contributed by atoms with Gasteiger partial charge in [-0.05, 0) is 39.0 Å². The highest BCUT2D eigenvalue weighted by molar-refractivity contribution is 6.60. The van der Waals surface area contributed by atoms with Crippen LogP contribution in [-0.2, 0) is 13.3 Å². The first-order valence-corrected chi connectivity index (χ1v) is 9.59. The second-order valence-electron chi connectivity index (χ2n) is 5.64. The van der Waals surface area contributed by atoms with E-state index >= 15 is 0 Å². The van der Waals surface area contributed by atoms with Crippen LogP contribution in [0.25, 0.3) is 0 Å². The molecule has 0 saturated carbocycles. The Morgan fingerprint density at radius 3 is 1.95 bits per heavy atom. The molecule has 1 rings (SSSR count). The molecule has 0 aromatic carbocycles. The molecule has 1 aliphatic heterocycles. The van der Waals surface area contributed by atoms with Gasteiger partial charge in [0.1, 0.15) is 0 Å². The highest BCUT2D eigenvalue weighted by Crippen LogP contribution is 2.22. The topological polar surface area (TPSA) is 27.7 Å². The second-order valence-corrected chi connectivity index (χ2v) is 8.73. The Morgan fingerprint density at radius 2 is 1.47 bits per heavy atom. The van der Waals surface area contributed by atoms with E-state index < -0.39 is 8.80 Å². The summed E-state index contributed by atoms with van der Waals surface area (Å²) in [7, 11) is 2.75. The van der Waals surface area contributed by atoms with Crippen LogP contribution in [0.15, 0.2) is 0 Å². The highest BCUT2D eigenvalue weighted by Gasteiger charge is 2.37. The minimum Gasteiger partial charge on any atom is -0.377 e. The number of likely N-dealkylation sites (tertiary alicyclic amines) is 1. The maximum absolute atomic E-state index is 5.47. The molecule has 0 aliphatic carbocycles. The van der Waals surface area contributed by atoms with Crippen LogP contribution < -0.4 is 0 Å². The van der Waals surface area contributed by atoms with Crippen molar-refractivity contribution in [2.24, 2.45) is 0 Å². The van der Waals surface area contributed by atoms with Crippen molar-refractivity contribution in [2.45, 2.75) is 45.1 Å². The SMILES string of the molecule is CC[N+]1(CCCC[Si](OC)(OC)OC)CCCCC1. The predicted molar refractivity (Wildman–Crippen MR) is 80.1 cm³/mol. The van der Waals surface area contributed by atoms with Gasteiger partial charge in [-0.15, -0.1) is 0 Å². The summed E-state index contributed by atoms with van der Waals surface area (Å²) in [6.07, 6.45) is 6.62. The van der Waals surface area contributed by atoms with E-state index in [1.165, 1.54) is 56.3 Å². The molecular weight excluding hydrogens is 258 g/mol. The van der Waals surface area contributed by atoms with Crippen LogP contribution in [-0.4, -0.2) is 60.8 Å². The minimum absolute atomic E-state index is 0.931. The molecule has 4 nitrogen and oxygen atoms in total. The van der Waals surface area contributed by atoms with Gasteiger partial charge in [-0.25, -0.2) is 0 Å². The molecule has 0 spiro atoms. The quantitative estimate of drug-likeness (QED) is 0.371. The number of hydrogen-bond donors (Lipinski definition) is 0. The first-order chi connectivity index (χ1) is 9.16. The molecule has 0 N–H and O–H groups in total. The summed E-state index contributed by atoms with van der Waals surface area (Å²) in [5.74, 6) is 0. The van der Waals surface area contributed by atoms with Gasteiger partial charge in [-0.3, -0.25) is 0 Å². The van der Waals surface area contributed by atoms with Gasteiger partial charge in [0.25, 0.3) is 0 Å². The van der Waals surface area contributed by atoms with Gasteiger partial charge in [-0.2, -0.15) is 0 Å². The number of piperidine rings is 1. The fourth-order valence-corrected chi connectivity index (χ4v) is 5.02. The number of rotatable bonds is 9. The van der Waals surface area contributed by atoms with Crippen molar-refractivity contribution in [1.29, 1.82) is 0 Å². The average molecular weight is 291 g/mol. The van der Waals surface area contributed by atoms with E-state index in [1.54, 1.807) is 21.3 Å². The van der Waals surface area contributed by atoms with Gasteiger partial charge in [0.2, 0.25) is 0 Å². The maximum atomic E-state index is 5.47. The first-order valence-electron chi connectivity index (χ1n) is 7.66. The monoisotopic (exact) mass is 290 g/mol. The molecule has 19 heavy (non-hydrogen) atoms. The van der Waals surface area contributed by atoms with Crippen LogP contribution in [0.2, 0.25) is 6.04 Å². The zero-order chi connectivity index (χ0) is 14.2. The zero-order valence-corrected chi connectivity index (χ0v) is 14.2. The molecule has 0 atom stereocenters. The zero-order valence-electron chi connectivity index (χ0n) is 13.2. The summed E-state index contributed by atoms with van der Waals surface area (Å²) >= 11 is 0. The van der Waals surface area contributed by atoms with E-state index in [0.29, 0.717) is 0 Å². The smallest absolute Gasteiger partial charge is 0.377 e. The maximum Gasteiger partial charge on any atom is 0.500 e. The van der Waals surface area contributed by atoms with Crippen molar-refractivity contribution >= 4 is 8.80 Å². The van der Waals surface area contributed by atoms with E-state index in [4.69, 9.17) is 13.3 Å². The standard InChI is InChI=1S/C14H32NO3Si/c1-5-15(11-7-6-8-12-15)13-9-10-14-19(16-2,17-3)18-4/h5-14H2,1-4H3/q+1. The van der Waals surface area contributed by atoms with Crippen molar-refractivity contribution in [3.63, 3.8) is 0 Å². The molecule has 1 heterocycles. The summed E-state index contributed by atoms with van der Waals surface area (Å²) in [4.78, 5) is 0. The fraction of sp³-hybridized carbons (Fsp3) is 1.00. The molecular formula is C14H32NO3Si+. The summed E-state index contributed by atoms with van der Waals surface area (Å²) in [6.45, 7) is 7.67. The second kappa shape index (κ2) is 8.37. The molecule has 0 amide bonds. The van der Waals surface area contributed by atoms with Crippen LogP contribution in [0.5, 0.6) is 0 Å². The van der Waals surface area contributed by atoms with Crippen molar-refractivity contribution in [2.75, 3.05) is 47.5 Å². The lowest BCUT2D eigenvalue weighted by atomic mass is 10.1. The van der Waals surface area contributed by atoms with Gasteiger partial charge < -0.3 is 17.8 Å². The largest absolute Gasteiger partial charge is 0.500 e. The lowest BCUT2D eigenvalue weighted by Gasteiger charge is -2.41. The fourth-order valence-electron chi connectivity index (χ4n) is 3.23. The molecule has 0 bridgehead atoms. The Bertz CT molecular complexity index is 233. The third-order valence-electron chi connectivity index (χ3n) is 4.73. The highest BCUT2D eigenvalue weighted by atomic mass is 28.4. The normalized spacial score (nSPS) is 19.6. The van der Waals surface area contributed by atoms with Crippen molar-refractivity contribution in [1.82, 2.24) is 0 Å². The molecule has 0 unspecified atom stereocenters.